The summed E-state index contributed by atoms with van der Waals surface area (Å²) in [5, 5.41) is 2.90. The molecule has 0 saturated heterocycles. The predicted octanol–water partition coefficient (Wildman–Crippen LogP) is 2.26. The van der Waals surface area contributed by atoms with Crippen molar-refractivity contribution in [1.29, 1.82) is 0 Å². The zero-order valence-corrected chi connectivity index (χ0v) is 8.84. The maximum Gasteiger partial charge on any atom is 0.190 e. The summed E-state index contributed by atoms with van der Waals surface area (Å²) in [7, 11) is 1.52. The van der Waals surface area contributed by atoms with Crippen molar-refractivity contribution in [3.63, 3.8) is 0 Å². The zero-order valence-electron chi connectivity index (χ0n) is 7.27. The summed E-state index contributed by atoms with van der Waals surface area (Å²) in [6.07, 6.45) is 3.23. The Morgan fingerprint density at radius 1 is 1.43 bits per heavy atom. The first kappa shape index (κ1) is 9.36. The SMILES string of the molecule is COc1cnc(-c2nccs2)nc1Cl. The lowest BCUT2D eigenvalue weighted by Gasteiger charge is -2.01. The van der Waals surface area contributed by atoms with E-state index >= 15 is 0 Å². The molecule has 0 radical (unpaired) electrons. The van der Waals surface area contributed by atoms with Crippen molar-refractivity contribution < 1.29 is 4.74 Å². The molecule has 4 nitrogen and oxygen atoms in total. The normalized spacial score (nSPS) is 10.1. The second-order valence-electron chi connectivity index (χ2n) is 2.39. The molecule has 0 aliphatic heterocycles. The second-order valence-corrected chi connectivity index (χ2v) is 3.64. The van der Waals surface area contributed by atoms with Crippen LogP contribution in [0.4, 0.5) is 0 Å². The smallest absolute Gasteiger partial charge is 0.190 e. The fourth-order valence-electron chi connectivity index (χ4n) is 0.924. The average molecular weight is 228 g/mol. The summed E-state index contributed by atoms with van der Waals surface area (Å²) in [5.41, 5.74) is 0. The van der Waals surface area contributed by atoms with E-state index in [4.69, 9.17) is 16.3 Å². The Morgan fingerprint density at radius 2 is 2.29 bits per heavy atom. The van der Waals surface area contributed by atoms with Crippen molar-refractivity contribution >= 4 is 22.9 Å². The summed E-state index contributed by atoms with van der Waals surface area (Å²) in [5.74, 6) is 0.984. The van der Waals surface area contributed by atoms with Gasteiger partial charge in [0.15, 0.2) is 21.7 Å². The van der Waals surface area contributed by atoms with Crippen molar-refractivity contribution in [3.05, 3.63) is 22.9 Å². The van der Waals surface area contributed by atoms with Gasteiger partial charge in [-0.05, 0) is 0 Å². The lowest BCUT2D eigenvalue weighted by atomic mass is 10.5. The van der Waals surface area contributed by atoms with Gasteiger partial charge >= 0.3 is 0 Å². The van der Waals surface area contributed by atoms with Crippen LogP contribution in [0.5, 0.6) is 5.75 Å². The molecule has 0 aromatic carbocycles. The molecule has 72 valence electrons. The van der Waals surface area contributed by atoms with Crippen LogP contribution in [0, 0.1) is 0 Å². The van der Waals surface area contributed by atoms with Crippen molar-refractivity contribution in [2.24, 2.45) is 0 Å². The van der Waals surface area contributed by atoms with Crippen molar-refractivity contribution in [1.82, 2.24) is 15.0 Å². The van der Waals surface area contributed by atoms with E-state index in [1.54, 1.807) is 6.20 Å². The predicted molar refractivity (Wildman–Crippen MR) is 54.7 cm³/mol. The van der Waals surface area contributed by atoms with Gasteiger partial charge in [0.25, 0.3) is 0 Å². The minimum Gasteiger partial charge on any atom is -0.492 e. The molecule has 0 aliphatic carbocycles. The first-order valence-corrected chi connectivity index (χ1v) is 5.03. The number of rotatable bonds is 2. The quantitative estimate of drug-likeness (QED) is 0.739. The molecule has 2 aromatic heterocycles. The molecule has 2 aromatic rings. The number of aromatic nitrogens is 3. The maximum absolute atomic E-state index is 5.85. The zero-order chi connectivity index (χ0) is 9.97. The molecule has 6 heteroatoms. The molecule has 0 amide bonds. The molecule has 0 spiro atoms. The van der Waals surface area contributed by atoms with Gasteiger partial charge in [-0.3, -0.25) is 0 Å². The van der Waals surface area contributed by atoms with E-state index in [2.05, 4.69) is 15.0 Å². The lowest BCUT2D eigenvalue weighted by Crippen LogP contribution is -1.92. The molecule has 0 saturated carbocycles. The fourth-order valence-corrected chi connectivity index (χ4v) is 1.71. The minimum atomic E-state index is 0.299. The van der Waals surface area contributed by atoms with E-state index in [-0.39, 0.29) is 0 Å². The first-order chi connectivity index (χ1) is 6.81. The Morgan fingerprint density at radius 3 is 2.86 bits per heavy atom. The van der Waals surface area contributed by atoms with Crippen LogP contribution in [-0.4, -0.2) is 22.1 Å². The van der Waals surface area contributed by atoms with Crippen LogP contribution in [0.2, 0.25) is 5.15 Å². The highest BCUT2D eigenvalue weighted by atomic mass is 35.5. The van der Waals surface area contributed by atoms with Gasteiger partial charge in [-0.1, -0.05) is 11.6 Å². The van der Waals surface area contributed by atoms with Crippen LogP contribution in [-0.2, 0) is 0 Å². The monoisotopic (exact) mass is 227 g/mol. The number of methoxy groups -OCH3 is 1. The number of hydrogen-bond acceptors (Lipinski definition) is 5. The van der Waals surface area contributed by atoms with Gasteiger partial charge in [0.2, 0.25) is 0 Å². The van der Waals surface area contributed by atoms with Crippen molar-refractivity contribution in [3.8, 4) is 16.6 Å². The summed E-state index contributed by atoms with van der Waals surface area (Å²) >= 11 is 7.31. The molecule has 0 atom stereocenters. The van der Waals surface area contributed by atoms with Gasteiger partial charge in [-0.25, -0.2) is 15.0 Å². The molecule has 2 rings (SSSR count). The van der Waals surface area contributed by atoms with Gasteiger partial charge in [0.1, 0.15) is 0 Å². The third-order valence-electron chi connectivity index (χ3n) is 1.55. The second kappa shape index (κ2) is 3.89. The molecule has 14 heavy (non-hydrogen) atoms. The standard InChI is InChI=1S/C8H6ClN3OS/c1-13-5-4-11-7(12-6(5)9)8-10-2-3-14-8/h2-4H,1H3. The van der Waals surface area contributed by atoms with Crippen LogP contribution < -0.4 is 4.74 Å². The summed E-state index contributed by atoms with van der Waals surface area (Å²) < 4.78 is 4.94. The Hall–Kier alpha value is -1.20. The lowest BCUT2D eigenvalue weighted by molar-refractivity contribution is 0.411. The van der Waals surface area contributed by atoms with Crippen molar-refractivity contribution in [2.45, 2.75) is 0 Å². The third kappa shape index (κ3) is 1.69. The maximum atomic E-state index is 5.85. The number of nitrogens with zero attached hydrogens (tertiary/aromatic N) is 3. The molecule has 0 bridgehead atoms. The van der Waals surface area contributed by atoms with E-state index in [0.29, 0.717) is 16.7 Å². The number of hydrogen-bond donors (Lipinski definition) is 0. The average Bonchev–Trinajstić information content (AvgIpc) is 2.70. The molecule has 0 aliphatic rings. The van der Waals surface area contributed by atoms with E-state index in [0.717, 1.165) is 5.01 Å². The largest absolute Gasteiger partial charge is 0.492 e. The highest BCUT2D eigenvalue weighted by Gasteiger charge is 2.08. The topological polar surface area (TPSA) is 47.9 Å². The van der Waals surface area contributed by atoms with E-state index < -0.39 is 0 Å². The van der Waals surface area contributed by atoms with Crippen LogP contribution in [0.25, 0.3) is 10.8 Å². The van der Waals surface area contributed by atoms with E-state index in [1.807, 2.05) is 5.38 Å². The van der Waals surface area contributed by atoms with Crippen LogP contribution in [0.15, 0.2) is 17.8 Å². The molecule has 0 fully saturated rings. The van der Waals surface area contributed by atoms with E-state index in [1.165, 1.54) is 24.6 Å². The number of ether oxygens (including phenoxy) is 1. The molecule has 0 unspecified atom stereocenters. The molecule has 2 heterocycles. The van der Waals surface area contributed by atoms with Gasteiger partial charge in [-0.15, -0.1) is 11.3 Å². The molecule has 0 N–H and O–H groups in total. The van der Waals surface area contributed by atoms with Crippen molar-refractivity contribution in [2.75, 3.05) is 7.11 Å². The van der Waals surface area contributed by atoms with Gasteiger partial charge in [-0.2, -0.15) is 0 Å². The summed E-state index contributed by atoms with van der Waals surface area (Å²) in [6.45, 7) is 0. The Bertz CT molecular complexity index is 432. The third-order valence-corrected chi connectivity index (χ3v) is 2.59. The summed E-state index contributed by atoms with van der Waals surface area (Å²) in [4.78, 5) is 12.2. The van der Waals surface area contributed by atoms with Gasteiger partial charge in [0, 0.05) is 11.6 Å². The minimum absolute atomic E-state index is 0.299. The summed E-state index contributed by atoms with van der Waals surface area (Å²) in [6, 6.07) is 0. The Kier molecular flexibility index (Phi) is 2.60. The van der Waals surface area contributed by atoms with Crippen LogP contribution >= 0.6 is 22.9 Å². The number of thiazole rings is 1. The van der Waals surface area contributed by atoms with E-state index in [9.17, 15) is 0 Å². The molecular weight excluding hydrogens is 222 g/mol. The highest BCUT2D eigenvalue weighted by molar-refractivity contribution is 7.13. The van der Waals surface area contributed by atoms with Crippen LogP contribution in [0.3, 0.4) is 0 Å². The highest BCUT2D eigenvalue weighted by Crippen LogP contribution is 2.24. The van der Waals surface area contributed by atoms with Gasteiger partial charge < -0.3 is 4.74 Å². The van der Waals surface area contributed by atoms with Crippen LogP contribution in [0.1, 0.15) is 0 Å². The molecular formula is C8H6ClN3OS. The number of halogens is 1. The first-order valence-electron chi connectivity index (χ1n) is 3.77. The fraction of sp³-hybridized carbons (Fsp3) is 0.125. The van der Waals surface area contributed by atoms with Gasteiger partial charge in [0.05, 0.1) is 13.3 Å². The Balaban J connectivity index is 2.43. The Labute approximate surface area is 89.6 Å².